The Morgan fingerprint density at radius 2 is 0.968 bits per heavy atom. The van der Waals surface area contributed by atoms with Gasteiger partial charge in [-0.05, 0) is 12.8 Å². The molecule has 1 heterocycles. The average Bonchev–Trinajstić information content (AvgIpc) is 3.10. The highest BCUT2D eigenvalue weighted by atomic mass is 31.2. The monoisotopic (exact) mass is 463 g/mol. The Hall–Kier alpha value is 0.0300. The summed E-state index contributed by atoms with van der Waals surface area (Å²) in [6.07, 6.45) is 17.3. The fourth-order valence-electron chi connectivity index (χ4n) is 3.98. The van der Waals surface area contributed by atoms with Crippen LogP contribution in [0.5, 0.6) is 0 Å². The molecule has 6 nitrogen and oxygen atoms in total. The largest absolute Gasteiger partial charge is 0.408 e. The van der Waals surface area contributed by atoms with Crippen LogP contribution in [0.3, 0.4) is 0 Å². The molecule has 7 heteroatoms. The smallest absolute Gasteiger partial charge is 0.389 e. The maximum Gasteiger partial charge on any atom is 0.408 e. The van der Waals surface area contributed by atoms with Crippen LogP contribution >= 0.6 is 7.75 Å². The van der Waals surface area contributed by atoms with Gasteiger partial charge in [-0.2, -0.15) is 0 Å². The van der Waals surface area contributed by atoms with E-state index in [2.05, 4.69) is 13.8 Å². The van der Waals surface area contributed by atoms with Crippen molar-refractivity contribution >= 4 is 7.75 Å². The maximum absolute atomic E-state index is 13.4. The van der Waals surface area contributed by atoms with Crippen LogP contribution in [0.2, 0.25) is 0 Å². The number of aliphatic hydroxyl groups excluding tert-OH is 2. The van der Waals surface area contributed by atoms with Crippen LogP contribution < -0.4 is 0 Å². The highest BCUT2D eigenvalue weighted by Gasteiger charge is 2.42. The molecule has 0 saturated carbocycles. The first-order chi connectivity index (χ1) is 15.0. The van der Waals surface area contributed by atoms with E-state index in [9.17, 15) is 14.8 Å². The summed E-state index contributed by atoms with van der Waals surface area (Å²) in [5, 5.41) is 19.7. The molecule has 0 radical (unpaired) electrons. The molecular weight excluding hydrogens is 413 g/mol. The highest BCUT2D eigenvalue weighted by Crippen LogP contribution is 2.53. The molecule has 0 aromatic carbocycles. The van der Waals surface area contributed by atoms with Gasteiger partial charge in [0.1, 0.15) is 0 Å². The zero-order valence-electron chi connectivity index (χ0n) is 20.3. The van der Waals surface area contributed by atoms with Crippen LogP contribution in [0.1, 0.15) is 117 Å². The molecule has 1 fully saturated rings. The van der Waals surface area contributed by atoms with E-state index in [1.807, 2.05) is 0 Å². The first-order valence-corrected chi connectivity index (χ1v) is 14.5. The Morgan fingerprint density at radius 1 is 0.645 bits per heavy atom. The molecule has 0 spiro atoms. The summed E-state index contributed by atoms with van der Waals surface area (Å²) in [6, 6.07) is 0. The van der Waals surface area contributed by atoms with Gasteiger partial charge in [0.2, 0.25) is 0 Å². The predicted octanol–water partition coefficient (Wildman–Crippen LogP) is 6.45. The van der Waals surface area contributed by atoms with E-state index >= 15 is 0 Å². The molecule has 2 N–H and O–H groups in total. The van der Waals surface area contributed by atoms with Gasteiger partial charge in [0.15, 0.2) is 0 Å². The van der Waals surface area contributed by atoms with Crippen molar-refractivity contribution < 1.29 is 23.8 Å². The lowest BCUT2D eigenvalue weighted by Crippen LogP contribution is -2.22. The summed E-state index contributed by atoms with van der Waals surface area (Å²) in [7, 11) is -3.47. The van der Waals surface area contributed by atoms with Crippen molar-refractivity contribution in [2.75, 3.05) is 26.3 Å². The first kappa shape index (κ1) is 29.1. The molecule has 0 unspecified atom stereocenters. The molecule has 0 amide bonds. The molecule has 0 aromatic rings. The fraction of sp³-hybridized carbons (Fsp3) is 1.00. The lowest BCUT2D eigenvalue weighted by molar-refractivity contribution is 0.0572. The Balaban J connectivity index is 2.27. The Bertz CT molecular complexity index is 429. The van der Waals surface area contributed by atoms with E-state index in [0.29, 0.717) is 13.2 Å². The number of hydrogen-bond donors (Lipinski definition) is 2. The van der Waals surface area contributed by atoms with Gasteiger partial charge < -0.3 is 10.2 Å². The van der Waals surface area contributed by atoms with E-state index in [4.69, 9.17) is 9.05 Å². The van der Waals surface area contributed by atoms with Crippen molar-refractivity contribution in [1.82, 2.24) is 4.67 Å². The lowest BCUT2D eigenvalue weighted by Gasteiger charge is -2.26. The summed E-state index contributed by atoms with van der Waals surface area (Å²) >= 11 is 0. The summed E-state index contributed by atoms with van der Waals surface area (Å²) in [4.78, 5) is 0. The van der Waals surface area contributed by atoms with Crippen molar-refractivity contribution in [1.29, 1.82) is 0 Å². The van der Waals surface area contributed by atoms with Gasteiger partial charge in [0.25, 0.3) is 0 Å². The normalized spacial score (nSPS) is 20.0. The third-order valence-electron chi connectivity index (χ3n) is 6.09. The Morgan fingerprint density at radius 3 is 1.32 bits per heavy atom. The zero-order chi connectivity index (χ0) is 22.8. The molecule has 0 aliphatic carbocycles. The predicted molar refractivity (Wildman–Crippen MR) is 128 cm³/mol. The van der Waals surface area contributed by atoms with E-state index in [1.54, 1.807) is 0 Å². The zero-order valence-corrected chi connectivity index (χ0v) is 21.2. The number of unbranched alkanes of at least 4 members (excludes halogenated alkanes) is 14. The maximum atomic E-state index is 13.4. The van der Waals surface area contributed by atoms with Crippen LogP contribution in [-0.4, -0.2) is 53.4 Å². The van der Waals surface area contributed by atoms with E-state index < -0.39 is 20.0 Å². The van der Waals surface area contributed by atoms with Crippen LogP contribution in [-0.2, 0) is 13.6 Å². The van der Waals surface area contributed by atoms with Crippen LogP contribution in [0, 0.1) is 0 Å². The van der Waals surface area contributed by atoms with Crippen molar-refractivity contribution in [3.8, 4) is 0 Å². The van der Waals surface area contributed by atoms with Gasteiger partial charge in [-0.3, -0.25) is 9.05 Å². The molecule has 31 heavy (non-hydrogen) atoms. The molecule has 0 bridgehead atoms. The van der Waals surface area contributed by atoms with Crippen LogP contribution in [0.25, 0.3) is 0 Å². The minimum atomic E-state index is -3.47. The van der Waals surface area contributed by atoms with Crippen molar-refractivity contribution in [2.24, 2.45) is 0 Å². The third kappa shape index (κ3) is 13.4. The minimum Gasteiger partial charge on any atom is -0.389 e. The van der Waals surface area contributed by atoms with Crippen molar-refractivity contribution in [3.05, 3.63) is 0 Å². The number of aliphatic hydroxyl groups is 2. The topological polar surface area (TPSA) is 79.2 Å². The highest BCUT2D eigenvalue weighted by molar-refractivity contribution is 7.51. The Labute approximate surface area is 191 Å². The Kier molecular flexibility index (Phi) is 17.3. The second-order valence-electron chi connectivity index (χ2n) is 9.09. The molecule has 1 saturated heterocycles. The number of nitrogens with zero attached hydrogens (tertiary/aromatic N) is 1. The van der Waals surface area contributed by atoms with Gasteiger partial charge in [-0.25, -0.2) is 9.24 Å². The molecule has 2 atom stereocenters. The summed E-state index contributed by atoms with van der Waals surface area (Å²) in [5.41, 5.74) is 0. The first-order valence-electron chi connectivity index (χ1n) is 13.0. The van der Waals surface area contributed by atoms with Crippen LogP contribution in [0.4, 0.5) is 0 Å². The van der Waals surface area contributed by atoms with Crippen molar-refractivity contribution in [2.45, 2.75) is 129 Å². The SMILES string of the molecule is CCCCCCCCCCOP(=O)(OCCCCCCCCCC)N1C[C@@H](O)[C@@H](O)C1. The van der Waals surface area contributed by atoms with E-state index in [1.165, 1.54) is 81.7 Å². The second-order valence-corrected chi connectivity index (χ2v) is 11.1. The minimum absolute atomic E-state index is 0.132. The lowest BCUT2D eigenvalue weighted by atomic mass is 10.1. The van der Waals surface area contributed by atoms with Gasteiger partial charge in [0.05, 0.1) is 25.4 Å². The molecule has 186 valence electrons. The summed E-state index contributed by atoms with van der Waals surface area (Å²) in [6.45, 7) is 5.51. The van der Waals surface area contributed by atoms with Gasteiger partial charge in [-0.1, -0.05) is 104 Å². The average molecular weight is 464 g/mol. The van der Waals surface area contributed by atoms with E-state index in [-0.39, 0.29) is 13.1 Å². The van der Waals surface area contributed by atoms with Gasteiger partial charge >= 0.3 is 7.75 Å². The molecular formula is C24H50NO5P. The fourth-order valence-corrected chi connectivity index (χ4v) is 5.84. The molecule has 0 aromatic heterocycles. The number of hydrogen-bond acceptors (Lipinski definition) is 5. The number of rotatable bonds is 21. The molecule has 1 aliphatic rings. The van der Waals surface area contributed by atoms with Crippen molar-refractivity contribution in [3.63, 3.8) is 0 Å². The van der Waals surface area contributed by atoms with Gasteiger partial charge in [0, 0.05) is 13.1 Å². The van der Waals surface area contributed by atoms with E-state index in [0.717, 1.165) is 25.7 Å². The summed E-state index contributed by atoms with van der Waals surface area (Å²) < 4.78 is 26.4. The third-order valence-corrected chi connectivity index (χ3v) is 8.13. The van der Waals surface area contributed by atoms with Crippen LogP contribution in [0.15, 0.2) is 0 Å². The second kappa shape index (κ2) is 18.5. The number of β-amino-alcohol motifs (C(OH)–C–C–N with tert-alkyl or cyclic N) is 2. The van der Waals surface area contributed by atoms with Gasteiger partial charge in [-0.15, -0.1) is 0 Å². The standard InChI is InChI=1S/C24H50NO5P/c1-3-5-7-9-11-13-15-17-19-29-31(28,25-21-23(26)24(27)22-25)30-20-18-16-14-12-10-8-6-4-2/h23-24,26-27H,3-22H2,1-2H3/t23-,24+. The quantitative estimate of drug-likeness (QED) is 0.150. The molecule has 1 aliphatic heterocycles. The summed E-state index contributed by atoms with van der Waals surface area (Å²) in [5.74, 6) is 0. The molecule has 1 rings (SSSR count).